The van der Waals surface area contributed by atoms with E-state index in [1.54, 1.807) is 11.1 Å². The molecule has 16 heavy (non-hydrogen) atoms. The quantitative estimate of drug-likeness (QED) is 0.539. The molecule has 0 atom stereocenters. The Hall–Kier alpha value is -1.40. The summed E-state index contributed by atoms with van der Waals surface area (Å²) in [6.45, 7) is 0.156. The first-order chi connectivity index (χ1) is 7.48. The highest BCUT2D eigenvalue weighted by atomic mass is 19.3. The van der Waals surface area contributed by atoms with Gasteiger partial charge in [0, 0.05) is 25.1 Å². The Bertz CT molecular complexity index is 312. The van der Waals surface area contributed by atoms with Crippen LogP contribution in [-0.2, 0) is 0 Å². The predicted octanol–water partition coefficient (Wildman–Crippen LogP) is 1.80. The smallest absolute Gasteiger partial charge is 0.248 e. The van der Waals surface area contributed by atoms with Gasteiger partial charge in [-0.15, -0.1) is 0 Å². The zero-order valence-electron chi connectivity index (χ0n) is 8.68. The summed E-state index contributed by atoms with van der Waals surface area (Å²) < 4.78 is 25.8. The first-order valence-corrected chi connectivity index (χ1v) is 5.21. The topological polar surface area (TPSA) is 49.6 Å². The summed E-state index contributed by atoms with van der Waals surface area (Å²) in [6, 6.07) is 0.000764. The van der Waals surface area contributed by atoms with Crippen LogP contribution in [0.5, 0.6) is 0 Å². The third-order valence-corrected chi connectivity index (χ3v) is 3.10. The van der Waals surface area contributed by atoms with Crippen molar-refractivity contribution in [2.24, 2.45) is 0 Å². The van der Waals surface area contributed by atoms with Gasteiger partial charge in [0.05, 0.1) is 6.20 Å². The third kappa shape index (κ3) is 2.23. The number of nitro groups is 1. The molecule has 1 aliphatic heterocycles. The van der Waals surface area contributed by atoms with Gasteiger partial charge < -0.3 is 4.90 Å². The zero-order chi connectivity index (χ0) is 11.8. The van der Waals surface area contributed by atoms with Crippen molar-refractivity contribution in [3.63, 3.8) is 0 Å². The summed E-state index contributed by atoms with van der Waals surface area (Å²) in [6.07, 6.45) is 3.51. The van der Waals surface area contributed by atoms with E-state index in [4.69, 9.17) is 0 Å². The van der Waals surface area contributed by atoms with Gasteiger partial charge in [-0.1, -0.05) is 5.01 Å². The number of halogens is 2. The molecule has 7 heteroatoms. The Kier molecular flexibility index (Phi) is 2.69. The summed E-state index contributed by atoms with van der Waals surface area (Å²) in [5.41, 5.74) is 0. The van der Waals surface area contributed by atoms with Crippen LogP contribution in [-0.4, -0.2) is 33.6 Å². The maximum atomic E-state index is 12.9. The molecule has 1 heterocycles. The predicted molar refractivity (Wildman–Crippen MR) is 51.9 cm³/mol. The van der Waals surface area contributed by atoms with E-state index in [1.807, 2.05) is 0 Å². The fourth-order valence-electron chi connectivity index (χ4n) is 2.12. The molecule has 0 spiro atoms. The van der Waals surface area contributed by atoms with Crippen LogP contribution in [0.2, 0.25) is 0 Å². The number of nitrogens with zero attached hydrogens (tertiary/aromatic N) is 3. The van der Waals surface area contributed by atoms with Crippen LogP contribution in [0.1, 0.15) is 25.7 Å². The van der Waals surface area contributed by atoms with Gasteiger partial charge in [0.2, 0.25) is 5.92 Å². The average molecular weight is 233 g/mol. The van der Waals surface area contributed by atoms with Gasteiger partial charge >= 0.3 is 0 Å². The summed E-state index contributed by atoms with van der Waals surface area (Å²) in [5, 5.41) is 10.9. The molecule has 0 aromatic heterocycles. The van der Waals surface area contributed by atoms with E-state index in [0.717, 1.165) is 5.01 Å². The third-order valence-electron chi connectivity index (χ3n) is 3.10. The highest BCUT2D eigenvalue weighted by molar-refractivity contribution is 4.93. The molecule has 2 rings (SSSR count). The van der Waals surface area contributed by atoms with Crippen molar-refractivity contribution in [1.82, 2.24) is 9.91 Å². The summed E-state index contributed by atoms with van der Waals surface area (Å²) in [7, 11) is 0. The largest absolute Gasteiger partial charge is 0.350 e. The molecule has 0 amide bonds. The molecule has 90 valence electrons. The molecule has 2 aliphatic rings. The van der Waals surface area contributed by atoms with E-state index >= 15 is 0 Å². The molecule has 0 N–H and O–H groups in total. The number of alkyl halides is 2. The van der Waals surface area contributed by atoms with Crippen molar-refractivity contribution in [1.29, 1.82) is 0 Å². The second-order valence-corrected chi connectivity index (χ2v) is 4.22. The Labute approximate surface area is 91.4 Å². The van der Waals surface area contributed by atoms with Crippen LogP contribution in [0, 0.1) is 10.1 Å². The Balaban J connectivity index is 1.88. The number of hydrazine groups is 1. The van der Waals surface area contributed by atoms with Gasteiger partial charge in [0.25, 0.3) is 0 Å². The summed E-state index contributed by atoms with van der Waals surface area (Å²) >= 11 is 0. The zero-order valence-corrected chi connectivity index (χ0v) is 8.68. The molecule has 0 bridgehead atoms. The maximum absolute atomic E-state index is 12.9. The lowest BCUT2D eigenvalue weighted by Crippen LogP contribution is -2.40. The van der Waals surface area contributed by atoms with E-state index in [0.29, 0.717) is 12.8 Å². The fraction of sp³-hybridized carbons (Fsp3) is 0.778. The molecular weight excluding hydrogens is 220 g/mol. The van der Waals surface area contributed by atoms with Crippen LogP contribution in [0.3, 0.4) is 0 Å². The summed E-state index contributed by atoms with van der Waals surface area (Å²) in [5.74, 6) is -2.55. The van der Waals surface area contributed by atoms with Gasteiger partial charge in [-0.25, -0.2) is 18.9 Å². The number of hydrogen-bond donors (Lipinski definition) is 0. The first-order valence-electron chi connectivity index (χ1n) is 5.21. The van der Waals surface area contributed by atoms with Crippen molar-refractivity contribution in [2.75, 3.05) is 6.67 Å². The van der Waals surface area contributed by atoms with Crippen molar-refractivity contribution in [3.05, 3.63) is 22.5 Å². The Morgan fingerprint density at radius 3 is 2.44 bits per heavy atom. The van der Waals surface area contributed by atoms with E-state index in [2.05, 4.69) is 0 Å². The molecule has 1 aliphatic carbocycles. The van der Waals surface area contributed by atoms with Crippen molar-refractivity contribution >= 4 is 0 Å². The molecule has 0 radical (unpaired) electrons. The van der Waals surface area contributed by atoms with Crippen molar-refractivity contribution in [3.8, 4) is 0 Å². The summed E-state index contributed by atoms with van der Waals surface area (Å²) in [4.78, 5) is 12.2. The minimum absolute atomic E-state index is 0.000764. The van der Waals surface area contributed by atoms with E-state index < -0.39 is 11.0 Å². The molecule has 0 unspecified atom stereocenters. The highest BCUT2D eigenvalue weighted by Gasteiger charge is 2.38. The van der Waals surface area contributed by atoms with Crippen LogP contribution >= 0.6 is 0 Å². The normalized spacial score (nSPS) is 25.1. The highest BCUT2D eigenvalue weighted by Crippen LogP contribution is 2.35. The minimum atomic E-state index is -2.55. The Morgan fingerprint density at radius 2 is 1.94 bits per heavy atom. The minimum Gasteiger partial charge on any atom is -0.350 e. The standard InChI is InChI=1S/C9H13F2N3O2/c10-9(11)3-1-8(2-4-9)12-5-6-13(7-12)14(15)16/h5-6,8H,1-4,7H2. The molecule has 5 nitrogen and oxygen atoms in total. The average Bonchev–Trinajstić information content (AvgIpc) is 2.66. The lowest BCUT2D eigenvalue weighted by Gasteiger charge is -2.33. The monoisotopic (exact) mass is 233 g/mol. The van der Waals surface area contributed by atoms with Crippen LogP contribution in [0.4, 0.5) is 8.78 Å². The molecule has 0 saturated heterocycles. The molecule has 0 aromatic rings. The van der Waals surface area contributed by atoms with Crippen LogP contribution in [0.15, 0.2) is 12.4 Å². The lowest BCUT2D eigenvalue weighted by atomic mass is 9.91. The molecule has 1 fully saturated rings. The van der Waals surface area contributed by atoms with Crippen LogP contribution < -0.4 is 0 Å². The lowest BCUT2D eigenvalue weighted by molar-refractivity contribution is -0.640. The first kappa shape index (κ1) is 11.1. The van der Waals surface area contributed by atoms with Gasteiger partial charge in [-0.2, -0.15) is 0 Å². The second kappa shape index (κ2) is 3.88. The fourth-order valence-corrected chi connectivity index (χ4v) is 2.12. The van der Waals surface area contributed by atoms with E-state index in [-0.39, 0.29) is 25.6 Å². The van der Waals surface area contributed by atoms with Crippen LogP contribution in [0.25, 0.3) is 0 Å². The molecule has 0 aromatic carbocycles. The molecular formula is C9H13F2N3O2. The number of hydrogen-bond acceptors (Lipinski definition) is 3. The maximum Gasteiger partial charge on any atom is 0.248 e. The van der Waals surface area contributed by atoms with Crippen molar-refractivity contribution in [2.45, 2.75) is 37.6 Å². The second-order valence-electron chi connectivity index (χ2n) is 4.22. The van der Waals surface area contributed by atoms with Crippen molar-refractivity contribution < 1.29 is 13.8 Å². The van der Waals surface area contributed by atoms with E-state index in [1.165, 1.54) is 6.20 Å². The molecule has 1 saturated carbocycles. The van der Waals surface area contributed by atoms with E-state index in [9.17, 15) is 18.9 Å². The van der Waals surface area contributed by atoms with Gasteiger partial charge in [0.15, 0.2) is 11.7 Å². The number of rotatable bonds is 2. The van der Waals surface area contributed by atoms with Gasteiger partial charge in [-0.05, 0) is 12.8 Å². The van der Waals surface area contributed by atoms with Gasteiger partial charge in [0.1, 0.15) is 0 Å². The van der Waals surface area contributed by atoms with Gasteiger partial charge in [-0.3, -0.25) is 0 Å². The Morgan fingerprint density at radius 1 is 1.31 bits per heavy atom. The SMILES string of the molecule is O=[N+]([O-])N1C=CN(C2CCC(F)(F)CC2)C1.